The number of halogens is 1. The summed E-state index contributed by atoms with van der Waals surface area (Å²) >= 11 is 7.02. The SMILES string of the molecule is COc1cc(N=Nc2cc(SOO[O-])ccc2S(=O)(=O)[O-])c(C)cc1N(C)c1nc(Cl)nc(Nc2cc(S(=O)(=O)[O-])ccc2SOO[O-])n1.[Na+].[Na+].[Na+].[Na+]. The minimum Gasteiger partial charge on any atom is -0.744 e. The molecule has 1 N–H and O–H groups in total. The van der Waals surface area contributed by atoms with Gasteiger partial charge in [-0.3, -0.25) is 10.1 Å². The van der Waals surface area contributed by atoms with Crippen LogP contribution in [0.3, 0.4) is 0 Å². The van der Waals surface area contributed by atoms with Crippen LogP contribution in [0.5, 0.6) is 5.75 Å². The van der Waals surface area contributed by atoms with E-state index in [1.54, 1.807) is 20.0 Å². The summed E-state index contributed by atoms with van der Waals surface area (Å²) in [6.07, 6.45) is 0. The number of benzene rings is 3. The van der Waals surface area contributed by atoms with Crippen molar-refractivity contribution in [3.8, 4) is 5.75 Å². The fraction of sp³-hybridized carbons (Fsp3) is 0.125. The number of aromatic nitrogens is 3. The quantitative estimate of drug-likeness (QED) is 0.0290. The Hall–Kier alpha value is 0.240. The Bertz CT molecular complexity index is 2110. The van der Waals surface area contributed by atoms with E-state index in [0.29, 0.717) is 35.3 Å². The first-order chi connectivity index (χ1) is 23.1. The van der Waals surface area contributed by atoms with E-state index in [2.05, 4.69) is 49.2 Å². The second kappa shape index (κ2) is 24.2. The number of anilines is 4. The Morgan fingerprint density at radius 2 is 1.47 bits per heavy atom. The van der Waals surface area contributed by atoms with Gasteiger partial charge < -0.3 is 34.6 Å². The van der Waals surface area contributed by atoms with E-state index < -0.39 is 30.0 Å². The summed E-state index contributed by atoms with van der Waals surface area (Å²) in [5.41, 5.74) is 0.615. The van der Waals surface area contributed by atoms with Crippen LogP contribution in [-0.4, -0.2) is 55.1 Å². The van der Waals surface area contributed by atoms with E-state index in [1.807, 2.05) is 0 Å². The van der Waals surface area contributed by atoms with E-state index >= 15 is 0 Å². The Morgan fingerprint density at radius 3 is 2.08 bits per heavy atom. The van der Waals surface area contributed by atoms with Crippen LogP contribution in [0.15, 0.2) is 78.3 Å². The molecule has 0 spiro atoms. The maximum absolute atomic E-state index is 11.8. The van der Waals surface area contributed by atoms with E-state index in [-0.39, 0.29) is 168 Å². The van der Waals surface area contributed by atoms with Crippen molar-refractivity contribution in [1.82, 2.24) is 15.0 Å². The molecule has 0 aliphatic heterocycles. The molecule has 0 atom stereocenters. The number of nitrogens with one attached hydrogen (secondary N) is 1. The van der Waals surface area contributed by atoms with Crippen molar-refractivity contribution in [1.29, 1.82) is 0 Å². The predicted octanol–water partition coefficient (Wildman–Crippen LogP) is -8.95. The third-order valence-corrected chi connectivity index (χ3v) is 9.13. The number of hydrogen-bond donors (Lipinski definition) is 1. The summed E-state index contributed by atoms with van der Waals surface area (Å²) < 4.78 is 84.2. The molecule has 0 amide bonds. The standard InChI is InChI=1S/C24H22ClN7O13S4.4Na/c1-12-8-18(19(41-3)11-15(12)30-31-17-9-13(46-44-42-33)4-7-21(17)49(38,39)40)32(2)24-28-22(25)27-23(29-24)26-16-10-14(48(35,36)37)5-6-20(16)47-45-43-34;;;;/h4-11,33-34H,1-3H3,(H,35,36,37)(H,38,39,40)(H,26,27,28,29);;;;/q;4*+1/p-4. The second-order valence-electron chi connectivity index (χ2n) is 9.06. The summed E-state index contributed by atoms with van der Waals surface area (Å²) in [6, 6.07) is 9.47. The van der Waals surface area contributed by atoms with Gasteiger partial charge in [-0.1, -0.05) is 0 Å². The van der Waals surface area contributed by atoms with Crippen LogP contribution in [0.25, 0.3) is 0 Å². The molecule has 0 saturated heterocycles. The summed E-state index contributed by atoms with van der Waals surface area (Å²) in [5, 5.41) is 37.5. The van der Waals surface area contributed by atoms with Crippen molar-refractivity contribution in [3.05, 3.63) is 59.4 Å². The minimum absolute atomic E-state index is 0. The Morgan fingerprint density at radius 1 is 0.830 bits per heavy atom. The van der Waals surface area contributed by atoms with Gasteiger partial charge in [0.05, 0.1) is 62.9 Å². The zero-order valence-electron chi connectivity index (χ0n) is 28.6. The van der Waals surface area contributed by atoms with Crippen molar-refractivity contribution in [2.24, 2.45) is 10.2 Å². The summed E-state index contributed by atoms with van der Waals surface area (Å²) in [6.45, 7) is 1.64. The first-order valence-electron chi connectivity index (χ1n) is 12.6. The van der Waals surface area contributed by atoms with Gasteiger partial charge in [0.25, 0.3) is 0 Å². The summed E-state index contributed by atoms with van der Waals surface area (Å²) in [5.74, 6) is -0.0821. The van der Waals surface area contributed by atoms with Gasteiger partial charge in [-0.2, -0.15) is 28.7 Å². The molecule has 4 rings (SSSR count). The van der Waals surface area contributed by atoms with Gasteiger partial charge in [0.2, 0.25) is 17.2 Å². The van der Waals surface area contributed by atoms with Crippen molar-refractivity contribution in [2.45, 2.75) is 26.5 Å². The van der Waals surface area contributed by atoms with Crippen LogP contribution < -0.4 is 144 Å². The van der Waals surface area contributed by atoms with Crippen molar-refractivity contribution in [3.63, 3.8) is 0 Å². The zero-order chi connectivity index (χ0) is 35.9. The molecule has 1 aromatic heterocycles. The average molecular weight is 868 g/mol. The number of hydrogen-bond acceptors (Lipinski definition) is 22. The molecule has 20 nitrogen and oxygen atoms in total. The summed E-state index contributed by atoms with van der Waals surface area (Å²) in [7, 11) is -6.96. The second-order valence-corrected chi connectivity index (χ2v) is 13.6. The monoisotopic (exact) mass is 867 g/mol. The maximum Gasteiger partial charge on any atom is 1.00 e. The molecule has 4 aromatic rings. The maximum atomic E-state index is 11.8. The molecule has 29 heteroatoms. The number of rotatable bonds is 15. The molecule has 0 radical (unpaired) electrons. The first kappa shape index (κ1) is 53.2. The smallest absolute Gasteiger partial charge is 0.744 e. The molecule has 0 aliphatic rings. The predicted molar refractivity (Wildman–Crippen MR) is 163 cm³/mol. The molecule has 53 heavy (non-hydrogen) atoms. The average Bonchev–Trinajstić information content (AvgIpc) is 3.04. The molecular weight excluding hydrogens is 850 g/mol. The normalized spacial score (nSPS) is 11.1. The Labute approximate surface area is 404 Å². The van der Waals surface area contributed by atoms with Gasteiger partial charge in [-0.25, -0.2) is 16.8 Å². The molecule has 262 valence electrons. The Balaban J connectivity index is 0.00000676. The molecule has 1 heterocycles. The zero-order valence-corrected chi connectivity index (χ0v) is 40.6. The topological polar surface area (TPSA) is 285 Å². The molecular formula is C24H18ClN7Na4O13S4. The number of ether oxygens (including phenoxy) is 1. The fourth-order valence-electron chi connectivity index (χ4n) is 3.85. The van der Waals surface area contributed by atoms with Gasteiger partial charge in [-0.05, 0) is 66.6 Å². The molecule has 0 fully saturated rings. The van der Waals surface area contributed by atoms with Crippen molar-refractivity contribution < 1.29 is 178 Å². The van der Waals surface area contributed by atoms with E-state index in [0.717, 1.165) is 24.3 Å². The molecule has 0 aliphatic carbocycles. The molecule has 0 bridgehead atoms. The van der Waals surface area contributed by atoms with E-state index in [1.165, 1.54) is 30.2 Å². The molecule has 3 aromatic carbocycles. The van der Waals surface area contributed by atoms with Crippen LogP contribution in [-0.2, 0) is 39.0 Å². The van der Waals surface area contributed by atoms with Crippen LogP contribution in [0.4, 0.5) is 34.6 Å². The van der Waals surface area contributed by atoms with Crippen LogP contribution in [0, 0.1) is 6.92 Å². The van der Waals surface area contributed by atoms with Crippen LogP contribution in [0.1, 0.15) is 5.56 Å². The third-order valence-electron chi connectivity index (χ3n) is 6.02. The van der Waals surface area contributed by atoms with E-state index in [9.17, 15) is 36.5 Å². The number of azo groups is 1. The van der Waals surface area contributed by atoms with Gasteiger partial charge in [-0.15, -0.1) is 5.11 Å². The van der Waals surface area contributed by atoms with Gasteiger partial charge in [0, 0.05) is 18.0 Å². The van der Waals surface area contributed by atoms with Gasteiger partial charge >= 0.3 is 118 Å². The number of nitrogens with zero attached hydrogens (tertiary/aromatic N) is 6. The van der Waals surface area contributed by atoms with Crippen LogP contribution >= 0.6 is 35.7 Å². The molecule has 0 unspecified atom stereocenters. The number of aryl methyl sites for hydroxylation is 1. The first-order valence-corrected chi connectivity index (χ1v) is 17.3. The molecule has 0 saturated carbocycles. The van der Waals surface area contributed by atoms with E-state index in [4.69, 9.17) is 16.3 Å². The number of methoxy groups -OCH3 is 1. The Kier molecular flexibility index (Phi) is 24.3. The fourth-order valence-corrected chi connectivity index (χ4v) is 5.91. The van der Waals surface area contributed by atoms with Gasteiger partial charge in [0.1, 0.15) is 31.7 Å². The largest absolute Gasteiger partial charge is 1.00 e. The van der Waals surface area contributed by atoms with Gasteiger partial charge in [0.15, 0.2) is 0 Å². The van der Waals surface area contributed by atoms with Crippen LogP contribution in [0.2, 0.25) is 5.28 Å². The van der Waals surface area contributed by atoms with Crippen molar-refractivity contribution in [2.75, 3.05) is 24.4 Å². The third kappa shape index (κ3) is 15.2. The minimum atomic E-state index is -4.97. The summed E-state index contributed by atoms with van der Waals surface area (Å²) in [4.78, 5) is 12.8. The van der Waals surface area contributed by atoms with Crippen molar-refractivity contribution >= 4 is 90.6 Å².